The largest absolute Gasteiger partial charge is 0.449 e. The molecule has 0 bridgehead atoms. The number of nitrogens with zero attached hydrogens (tertiary/aromatic N) is 3. The van der Waals surface area contributed by atoms with Crippen molar-refractivity contribution in [2.24, 2.45) is 0 Å². The summed E-state index contributed by atoms with van der Waals surface area (Å²) in [6.07, 6.45) is 0.807. The normalized spacial score (nSPS) is 13.9. The molecule has 1 aliphatic rings. The molecule has 0 saturated carbocycles. The molecule has 3 aromatic rings. The fourth-order valence-corrected chi connectivity index (χ4v) is 3.31. The SMILES string of the molecule is CCCCN1C(=O)c2ccc(C(=O)O[C@@H](C)c3nnc(-c4ccccc4)o3)cc2C1=O. The van der Waals surface area contributed by atoms with Gasteiger partial charge in [0.25, 0.3) is 17.7 Å². The smallest absolute Gasteiger partial charge is 0.338 e. The molecule has 8 nitrogen and oxygen atoms in total. The Balaban J connectivity index is 1.48. The number of benzene rings is 2. The minimum absolute atomic E-state index is 0.158. The fourth-order valence-electron chi connectivity index (χ4n) is 3.31. The molecular weight excluding hydrogens is 398 g/mol. The summed E-state index contributed by atoms with van der Waals surface area (Å²) in [6.45, 7) is 3.97. The summed E-state index contributed by atoms with van der Waals surface area (Å²) < 4.78 is 11.1. The lowest BCUT2D eigenvalue weighted by Crippen LogP contribution is -2.30. The molecule has 2 aromatic carbocycles. The molecule has 1 aromatic heterocycles. The highest BCUT2D eigenvalue weighted by Gasteiger charge is 2.35. The van der Waals surface area contributed by atoms with Gasteiger partial charge in [-0.3, -0.25) is 14.5 Å². The molecule has 1 atom stereocenters. The van der Waals surface area contributed by atoms with Crippen LogP contribution >= 0.6 is 0 Å². The molecule has 0 radical (unpaired) electrons. The van der Waals surface area contributed by atoms with Crippen molar-refractivity contribution in [1.82, 2.24) is 15.1 Å². The molecule has 0 spiro atoms. The van der Waals surface area contributed by atoms with E-state index >= 15 is 0 Å². The van der Waals surface area contributed by atoms with E-state index in [1.54, 1.807) is 6.92 Å². The number of hydrogen-bond acceptors (Lipinski definition) is 7. The maximum atomic E-state index is 12.6. The zero-order valence-corrected chi connectivity index (χ0v) is 17.2. The Bertz CT molecular complexity index is 1140. The van der Waals surface area contributed by atoms with Crippen molar-refractivity contribution in [3.05, 3.63) is 71.1 Å². The van der Waals surface area contributed by atoms with Gasteiger partial charge in [0.15, 0.2) is 6.10 Å². The summed E-state index contributed by atoms with van der Waals surface area (Å²) in [7, 11) is 0. The van der Waals surface area contributed by atoms with E-state index in [2.05, 4.69) is 10.2 Å². The summed E-state index contributed by atoms with van der Waals surface area (Å²) in [5.41, 5.74) is 1.45. The van der Waals surface area contributed by atoms with Gasteiger partial charge in [0.1, 0.15) is 0 Å². The Morgan fingerprint density at radius 3 is 2.55 bits per heavy atom. The third-order valence-corrected chi connectivity index (χ3v) is 5.03. The monoisotopic (exact) mass is 419 g/mol. The van der Waals surface area contributed by atoms with Gasteiger partial charge in [-0.25, -0.2) is 4.79 Å². The van der Waals surface area contributed by atoms with Gasteiger partial charge < -0.3 is 9.15 Å². The van der Waals surface area contributed by atoms with Crippen molar-refractivity contribution in [3.8, 4) is 11.5 Å². The Morgan fingerprint density at radius 1 is 1.06 bits per heavy atom. The predicted octanol–water partition coefficient (Wildman–Crippen LogP) is 4.05. The van der Waals surface area contributed by atoms with Crippen molar-refractivity contribution >= 4 is 17.8 Å². The molecule has 2 amide bonds. The first-order chi connectivity index (χ1) is 15.0. The Hall–Kier alpha value is -3.81. The number of amides is 2. The standard InChI is InChI=1S/C23H21N3O5/c1-3-4-12-26-21(27)17-11-10-16(13-18(17)22(26)28)23(29)30-14(2)19-24-25-20(31-19)15-8-6-5-7-9-15/h5-11,13-14H,3-4,12H2,1-2H3/t14-/m0/s1. The number of unbranched alkanes of at least 4 members (excludes halogenated alkanes) is 1. The Kier molecular flexibility index (Phi) is 5.62. The van der Waals surface area contributed by atoms with Gasteiger partial charge in [-0.2, -0.15) is 0 Å². The number of rotatable bonds is 7. The lowest BCUT2D eigenvalue weighted by Gasteiger charge is -2.12. The minimum Gasteiger partial charge on any atom is -0.449 e. The quantitative estimate of drug-likeness (QED) is 0.420. The van der Waals surface area contributed by atoms with E-state index in [0.717, 1.165) is 18.4 Å². The molecular formula is C23H21N3O5. The second-order valence-electron chi connectivity index (χ2n) is 7.23. The molecule has 0 fully saturated rings. The van der Waals surface area contributed by atoms with E-state index in [1.165, 1.54) is 23.1 Å². The van der Waals surface area contributed by atoms with Crippen LogP contribution in [0, 0.1) is 0 Å². The summed E-state index contributed by atoms with van der Waals surface area (Å²) in [5, 5.41) is 7.95. The molecule has 158 valence electrons. The molecule has 0 saturated heterocycles. The second kappa shape index (κ2) is 8.51. The Morgan fingerprint density at radius 2 is 1.81 bits per heavy atom. The summed E-state index contributed by atoms with van der Waals surface area (Å²) in [4.78, 5) is 38.9. The number of esters is 1. The minimum atomic E-state index is -0.788. The fraction of sp³-hybridized carbons (Fsp3) is 0.261. The van der Waals surface area contributed by atoms with E-state index in [9.17, 15) is 14.4 Å². The van der Waals surface area contributed by atoms with E-state index in [1.807, 2.05) is 37.3 Å². The zero-order chi connectivity index (χ0) is 22.0. The molecule has 8 heteroatoms. The summed E-state index contributed by atoms with van der Waals surface area (Å²) in [5.74, 6) is -0.888. The van der Waals surface area contributed by atoms with E-state index in [0.29, 0.717) is 18.0 Å². The molecule has 4 rings (SSSR count). The summed E-state index contributed by atoms with van der Waals surface area (Å²) >= 11 is 0. The molecule has 31 heavy (non-hydrogen) atoms. The van der Waals surface area contributed by atoms with Crippen LogP contribution in [0.4, 0.5) is 0 Å². The van der Waals surface area contributed by atoms with E-state index in [4.69, 9.17) is 9.15 Å². The van der Waals surface area contributed by atoms with Crippen molar-refractivity contribution in [3.63, 3.8) is 0 Å². The lowest BCUT2D eigenvalue weighted by atomic mass is 10.1. The molecule has 1 aliphatic heterocycles. The number of aromatic nitrogens is 2. The predicted molar refractivity (Wildman–Crippen MR) is 110 cm³/mol. The average molecular weight is 419 g/mol. The van der Waals surface area contributed by atoms with Gasteiger partial charge in [0, 0.05) is 12.1 Å². The molecule has 0 N–H and O–H groups in total. The first kappa shape index (κ1) is 20.5. The van der Waals surface area contributed by atoms with Crippen LogP contribution in [0.25, 0.3) is 11.5 Å². The van der Waals surface area contributed by atoms with E-state index in [-0.39, 0.29) is 28.8 Å². The zero-order valence-electron chi connectivity index (χ0n) is 17.2. The highest BCUT2D eigenvalue weighted by atomic mass is 16.6. The maximum absolute atomic E-state index is 12.6. The number of hydrogen-bond donors (Lipinski definition) is 0. The maximum Gasteiger partial charge on any atom is 0.338 e. The number of imide groups is 1. The third-order valence-electron chi connectivity index (χ3n) is 5.03. The van der Waals surface area contributed by atoms with E-state index < -0.39 is 12.1 Å². The van der Waals surface area contributed by atoms with Crippen molar-refractivity contribution in [1.29, 1.82) is 0 Å². The van der Waals surface area contributed by atoms with Crippen molar-refractivity contribution < 1.29 is 23.5 Å². The van der Waals surface area contributed by atoms with Crippen LogP contribution in [0.1, 0.15) is 69.8 Å². The van der Waals surface area contributed by atoms with Gasteiger partial charge in [0.05, 0.1) is 16.7 Å². The van der Waals surface area contributed by atoms with Crippen LogP contribution in [0.15, 0.2) is 52.9 Å². The number of carbonyl (C=O) groups excluding carboxylic acids is 3. The highest BCUT2D eigenvalue weighted by molar-refractivity contribution is 6.21. The van der Waals surface area contributed by atoms with Gasteiger partial charge in [-0.15, -0.1) is 10.2 Å². The van der Waals surface area contributed by atoms with Crippen LogP contribution in [0.2, 0.25) is 0 Å². The molecule has 0 aliphatic carbocycles. The average Bonchev–Trinajstić information content (AvgIpc) is 3.37. The number of ether oxygens (including phenoxy) is 1. The van der Waals surface area contributed by atoms with Crippen LogP contribution in [0.5, 0.6) is 0 Å². The van der Waals surface area contributed by atoms with Crippen LogP contribution < -0.4 is 0 Å². The second-order valence-corrected chi connectivity index (χ2v) is 7.23. The third kappa shape index (κ3) is 3.96. The Labute approximate surface area is 178 Å². The molecule has 2 heterocycles. The topological polar surface area (TPSA) is 103 Å². The van der Waals surface area contributed by atoms with Crippen molar-refractivity contribution in [2.45, 2.75) is 32.8 Å². The highest BCUT2D eigenvalue weighted by Crippen LogP contribution is 2.26. The van der Waals surface area contributed by atoms with Gasteiger partial charge >= 0.3 is 5.97 Å². The number of fused-ring (bicyclic) bond motifs is 1. The van der Waals surface area contributed by atoms with Crippen molar-refractivity contribution in [2.75, 3.05) is 6.54 Å². The lowest BCUT2D eigenvalue weighted by molar-refractivity contribution is 0.0279. The first-order valence-corrected chi connectivity index (χ1v) is 10.1. The van der Waals surface area contributed by atoms with Crippen LogP contribution in [-0.4, -0.2) is 39.4 Å². The number of carbonyl (C=O) groups is 3. The van der Waals surface area contributed by atoms with Gasteiger partial charge in [-0.1, -0.05) is 31.5 Å². The van der Waals surface area contributed by atoms with Gasteiger partial charge in [-0.05, 0) is 43.7 Å². The van der Waals surface area contributed by atoms with Gasteiger partial charge in [0.2, 0.25) is 5.89 Å². The summed E-state index contributed by atoms with van der Waals surface area (Å²) in [6, 6.07) is 13.6. The van der Waals surface area contributed by atoms with Crippen LogP contribution in [0.3, 0.4) is 0 Å². The van der Waals surface area contributed by atoms with Crippen LogP contribution in [-0.2, 0) is 4.74 Å². The first-order valence-electron chi connectivity index (χ1n) is 10.1. The molecule has 0 unspecified atom stereocenters.